The van der Waals surface area contributed by atoms with E-state index < -0.39 is 24.0 Å². The van der Waals surface area contributed by atoms with Gasteiger partial charge in [-0.25, -0.2) is 14.8 Å². The van der Waals surface area contributed by atoms with E-state index in [0.717, 1.165) is 6.20 Å². The van der Waals surface area contributed by atoms with Gasteiger partial charge in [0.05, 0.1) is 0 Å². The van der Waals surface area contributed by atoms with Crippen LogP contribution in [0.1, 0.15) is 24.6 Å². The number of halogens is 3. The topological polar surface area (TPSA) is 114 Å². The molecule has 1 amide bonds. The van der Waals surface area contributed by atoms with Crippen molar-refractivity contribution in [1.29, 1.82) is 0 Å². The van der Waals surface area contributed by atoms with Crippen molar-refractivity contribution in [2.75, 3.05) is 0 Å². The Balaban J connectivity index is 2.28. The van der Waals surface area contributed by atoms with Gasteiger partial charge in [-0.15, -0.1) is 0 Å². The van der Waals surface area contributed by atoms with Crippen LogP contribution in [0.5, 0.6) is 0 Å². The third-order valence-electron chi connectivity index (χ3n) is 2.30. The first kappa shape index (κ1) is 14.7. The molecule has 1 atom stereocenters. The van der Waals surface area contributed by atoms with Crippen LogP contribution in [0, 0.1) is 0 Å². The molecule has 11 heteroatoms. The van der Waals surface area contributed by atoms with Crippen molar-refractivity contribution in [2.24, 2.45) is 0 Å². The fraction of sp³-hybridized carbons (Fsp3) is 0.300. The van der Waals surface area contributed by atoms with E-state index in [1.807, 2.05) is 0 Å². The summed E-state index contributed by atoms with van der Waals surface area (Å²) in [4.78, 5) is 21.1. The predicted molar refractivity (Wildman–Crippen MR) is 59.9 cm³/mol. The highest BCUT2D eigenvalue weighted by Gasteiger charge is 2.33. The van der Waals surface area contributed by atoms with E-state index in [2.05, 4.69) is 25.4 Å². The van der Waals surface area contributed by atoms with Crippen LogP contribution in [-0.4, -0.2) is 31.3 Å². The summed E-state index contributed by atoms with van der Waals surface area (Å²) in [7, 11) is 0. The van der Waals surface area contributed by atoms with Crippen LogP contribution in [0.2, 0.25) is 0 Å². The Morgan fingerprint density at radius 2 is 2.10 bits per heavy atom. The lowest BCUT2D eigenvalue weighted by molar-refractivity contribution is -0.141. The second kappa shape index (κ2) is 5.34. The minimum Gasteiger partial charge on any atom is -0.465 e. The average molecular weight is 303 g/mol. The number of alkyl halides is 3. The summed E-state index contributed by atoms with van der Waals surface area (Å²) in [6.45, 7) is 1.43. The molecule has 0 radical (unpaired) electrons. The molecule has 0 unspecified atom stereocenters. The van der Waals surface area contributed by atoms with Crippen LogP contribution in [0.25, 0.3) is 11.6 Å². The smallest absolute Gasteiger partial charge is 0.433 e. The summed E-state index contributed by atoms with van der Waals surface area (Å²) in [6, 6.07) is -0.117. The number of carbonyl (C=O) groups is 1. The maximum absolute atomic E-state index is 12.5. The molecule has 2 aromatic rings. The first-order valence-corrected chi connectivity index (χ1v) is 5.51. The van der Waals surface area contributed by atoms with Gasteiger partial charge in [0.2, 0.25) is 17.5 Å². The van der Waals surface area contributed by atoms with Crippen molar-refractivity contribution < 1.29 is 27.6 Å². The van der Waals surface area contributed by atoms with Crippen molar-refractivity contribution >= 4 is 6.09 Å². The Kier molecular flexibility index (Phi) is 3.74. The van der Waals surface area contributed by atoms with Gasteiger partial charge in [0, 0.05) is 6.20 Å². The fourth-order valence-corrected chi connectivity index (χ4v) is 1.37. The van der Waals surface area contributed by atoms with Crippen LogP contribution in [0.3, 0.4) is 0 Å². The summed E-state index contributed by atoms with van der Waals surface area (Å²) >= 11 is 0. The normalized spacial score (nSPS) is 13.0. The van der Waals surface area contributed by atoms with E-state index in [1.54, 1.807) is 0 Å². The molecule has 2 N–H and O–H groups in total. The zero-order valence-electron chi connectivity index (χ0n) is 10.4. The predicted octanol–water partition coefficient (Wildman–Crippen LogP) is 1.87. The van der Waals surface area contributed by atoms with E-state index in [1.165, 1.54) is 6.92 Å². The van der Waals surface area contributed by atoms with Crippen LogP contribution >= 0.6 is 0 Å². The molecule has 0 aliphatic rings. The second-order valence-electron chi connectivity index (χ2n) is 3.89. The number of nitrogens with one attached hydrogen (secondary N) is 1. The number of nitrogens with zero attached hydrogens (tertiary/aromatic N) is 4. The lowest BCUT2D eigenvalue weighted by atomic mass is 10.3. The Bertz CT molecular complexity index is 657. The summed E-state index contributed by atoms with van der Waals surface area (Å²) in [5.41, 5.74) is -1.14. The van der Waals surface area contributed by atoms with Crippen LogP contribution < -0.4 is 5.32 Å². The molecule has 2 heterocycles. The standard InChI is InChI=1S/C10H8F3N5O3/c1-4(15-9(19)20)8-17-7(18-21-8)6-14-3-2-5(16-6)10(11,12)13/h2-4,15H,1H3,(H,19,20)/t4-/m0/s1. The third kappa shape index (κ3) is 3.43. The van der Waals surface area contributed by atoms with Gasteiger partial charge in [-0.3, -0.25) is 0 Å². The highest BCUT2D eigenvalue weighted by Crippen LogP contribution is 2.28. The molecule has 8 nitrogen and oxygen atoms in total. The lowest BCUT2D eigenvalue weighted by Crippen LogP contribution is -2.24. The molecule has 21 heavy (non-hydrogen) atoms. The van der Waals surface area contributed by atoms with E-state index in [4.69, 9.17) is 9.63 Å². The minimum atomic E-state index is -4.62. The van der Waals surface area contributed by atoms with Gasteiger partial charge in [0.25, 0.3) is 0 Å². The third-order valence-corrected chi connectivity index (χ3v) is 2.30. The quantitative estimate of drug-likeness (QED) is 0.889. The van der Waals surface area contributed by atoms with Crippen LogP contribution in [-0.2, 0) is 6.18 Å². The number of hydrogen-bond donors (Lipinski definition) is 2. The largest absolute Gasteiger partial charge is 0.465 e. The molecule has 0 aromatic carbocycles. The van der Waals surface area contributed by atoms with Crippen molar-refractivity contribution in [1.82, 2.24) is 25.4 Å². The van der Waals surface area contributed by atoms with Crippen molar-refractivity contribution in [2.45, 2.75) is 19.1 Å². The summed E-state index contributed by atoms with van der Waals surface area (Å²) < 4.78 is 42.4. The Labute approximate surface area is 115 Å². The molecule has 0 spiro atoms. The zero-order valence-corrected chi connectivity index (χ0v) is 10.4. The number of carboxylic acid groups (broad SMARTS) is 1. The highest BCUT2D eigenvalue weighted by molar-refractivity contribution is 5.64. The van der Waals surface area contributed by atoms with Gasteiger partial charge < -0.3 is 14.9 Å². The molecule has 0 aliphatic carbocycles. The number of aromatic nitrogens is 4. The molecule has 112 valence electrons. The number of amides is 1. The minimum absolute atomic E-state index is 0.117. The molecule has 0 saturated carbocycles. The van der Waals surface area contributed by atoms with Gasteiger partial charge >= 0.3 is 12.3 Å². The van der Waals surface area contributed by atoms with Gasteiger partial charge in [0.15, 0.2) is 0 Å². The second-order valence-corrected chi connectivity index (χ2v) is 3.89. The van der Waals surface area contributed by atoms with Gasteiger partial charge in [0.1, 0.15) is 11.7 Å². The molecular formula is C10H8F3N5O3. The van der Waals surface area contributed by atoms with E-state index in [0.29, 0.717) is 6.07 Å². The van der Waals surface area contributed by atoms with Crippen molar-refractivity contribution in [3.8, 4) is 11.6 Å². The average Bonchev–Trinajstić information content (AvgIpc) is 2.86. The first-order chi connectivity index (χ1) is 9.77. The summed E-state index contributed by atoms with van der Waals surface area (Å²) in [6.07, 6.45) is -5.01. The van der Waals surface area contributed by atoms with E-state index >= 15 is 0 Å². The molecule has 0 bridgehead atoms. The lowest BCUT2D eigenvalue weighted by Gasteiger charge is -2.05. The highest BCUT2D eigenvalue weighted by atomic mass is 19.4. The summed E-state index contributed by atoms with van der Waals surface area (Å²) in [5, 5.41) is 14.0. The van der Waals surface area contributed by atoms with Gasteiger partial charge in [-0.05, 0) is 13.0 Å². The van der Waals surface area contributed by atoms with Crippen molar-refractivity contribution in [3.63, 3.8) is 0 Å². The summed E-state index contributed by atoms with van der Waals surface area (Å²) in [5.74, 6) is -0.758. The monoisotopic (exact) mass is 303 g/mol. The van der Waals surface area contributed by atoms with Gasteiger partial charge in [-0.1, -0.05) is 5.16 Å². The van der Waals surface area contributed by atoms with E-state index in [9.17, 15) is 18.0 Å². The number of rotatable bonds is 3. The van der Waals surface area contributed by atoms with E-state index in [-0.39, 0.29) is 17.5 Å². The van der Waals surface area contributed by atoms with Gasteiger partial charge in [-0.2, -0.15) is 18.2 Å². The van der Waals surface area contributed by atoms with Crippen LogP contribution in [0.4, 0.5) is 18.0 Å². The molecule has 0 saturated heterocycles. The molecular weight excluding hydrogens is 295 g/mol. The zero-order chi connectivity index (χ0) is 15.6. The maximum Gasteiger partial charge on any atom is 0.433 e. The Morgan fingerprint density at radius 1 is 1.38 bits per heavy atom. The number of hydrogen-bond acceptors (Lipinski definition) is 6. The molecule has 2 rings (SSSR count). The molecule has 0 fully saturated rings. The Morgan fingerprint density at radius 3 is 2.71 bits per heavy atom. The van der Waals surface area contributed by atoms with Crippen LogP contribution in [0.15, 0.2) is 16.8 Å². The fourth-order valence-electron chi connectivity index (χ4n) is 1.37. The molecule has 2 aromatic heterocycles. The maximum atomic E-state index is 12.5. The van der Waals surface area contributed by atoms with Crippen molar-refractivity contribution in [3.05, 3.63) is 23.8 Å². The Hall–Kier alpha value is -2.72. The first-order valence-electron chi connectivity index (χ1n) is 5.51. The SMILES string of the molecule is C[C@H](NC(=O)O)c1nc(-c2nccc(C(F)(F)F)n2)no1. The molecule has 0 aliphatic heterocycles.